The highest BCUT2D eigenvalue weighted by molar-refractivity contribution is 5.80. The van der Waals surface area contributed by atoms with E-state index < -0.39 is 0 Å². The number of carbonyl (C=O) groups excluding carboxylic acids is 2. The number of hydrogen-bond donors (Lipinski definition) is 0. The third kappa shape index (κ3) is 4.83. The zero-order valence-corrected chi connectivity index (χ0v) is 15.2. The number of rotatable bonds is 6. The van der Waals surface area contributed by atoms with E-state index in [0.717, 1.165) is 24.8 Å². The van der Waals surface area contributed by atoms with Gasteiger partial charge < -0.3 is 9.80 Å². The molecule has 0 atom stereocenters. The minimum atomic E-state index is 0.0433. The van der Waals surface area contributed by atoms with Crippen molar-refractivity contribution in [1.82, 2.24) is 9.80 Å². The van der Waals surface area contributed by atoms with E-state index in [1.54, 1.807) is 0 Å². The van der Waals surface area contributed by atoms with Crippen LogP contribution >= 0.6 is 0 Å². The zero-order valence-electron chi connectivity index (χ0n) is 15.2. The van der Waals surface area contributed by atoms with E-state index in [4.69, 9.17) is 0 Å². The average Bonchev–Trinajstić information content (AvgIpc) is 2.60. The lowest BCUT2D eigenvalue weighted by Crippen LogP contribution is -2.46. The molecule has 4 heteroatoms. The van der Waals surface area contributed by atoms with Gasteiger partial charge in [-0.2, -0.15) is 0 Å². The van der Waals surface area contributed by atoms with Gasteiger partial charge in [0.2, 0.25) is 11.8 Å². The normalized spacial score (nSPS) is 15.6. The minimum absolute atomic E-state index is 0.0433. The molecule has 1 aliphatic rings. The molecule has 0 N–H and O–H groups in total. The lowest BCUT2D eigenvalue weighted by atomic mass is 9.94. The standard InChI is InChI=1S/C20H30N2O2/c1-4-8-19(23)21-13-11-18(12-14-21)20(24)22(16(2)3)15-17-9-6-5-7-10-17/h5-7,9-10,16,18H,4,8,11-15H2,1-3H3. The Labute approximate surface area is 145 Å². The first-order valence-electron chi connectivity index (χ1n) is 9.15. The summed E-state index contributed by atoms with van der Waals surface area (Å²) in [6, 6.07) is 10.3. The summed E-state index contributed by atoms with van der Waals surface area (Å²) in [6.07, 6.45) is 3.07. The van der Waals surface area contributed by atoms with E-state index in [9.17, 15) is 9.59 Å². The van der Waals surface area contributed by atoms with Crippen molar-refractivity contribution in [2.45, 2.75) is 59.0 Å². The van der Waals surface area contributed by atoms with Crippen LogP contribution in [0.2, 0.25) is 0 Å². The van der Waals surface area contributed by atoms with Gasteiger partial charge in [-0.25, -0.2) is 0 Å². The summed E-state index contributed by atoms with van der Waals surface area (Å²) in [5, 5.41) is 0. The van der Waals surface area contributed by atoms with Crippen LogP contribution in [0.4, 0.5) is 0 Å². The molecule has 0 bridgehead atoms. The van der Waals surface area contributed by atoms with Crippen molar-refractivity contribution in [3.8, 4) is 0 Å². The van der Waals surface area contributed by atoms with Gasteiger partial charge in [-0.05, 0) is 38.7 Å². The topological polar surface area (TPSA) is 40.6 Å². The number of nitrogens with zero attached hydrogens (tertiary/aromatic N) is 2. The first-order valence-corrected chi connectivity index (χ1v) is 9.15. The number of benzene rings is 1. The van der Waals surface area contributed by atoms with Gasteiger partial charge in [-0.3, -0.25) is 9.59 Å². The van der Waals surface area contributed by atoms with Crippen LogP contribution in [0.1, 0.15) is 52.0 Å². The van der Waals surface area contributed by atoms with Crippen molar-refractivity contribution >= 4 is 11.8 Å². The third-order valence-electron chi connectivity index (χ3n) is 4.76. The summed E-state index contributed by atoms with van der Waals surface area (Å²) >= 11 is 0. The molecule has 132 valence electrons. The lowest BCUT2D eigenvalue weighted by molar-refractivity contribution is -0.142. The smallest absolute Gasteiger partial charge is 0.226 e. The van der Waals surface area contributed by atoms with E-state index in [1.165, 1.54) is 0 Å². The predicted octanol–water partition coefficient (Wildman–Crippen LogP) is 3.46. The van der Waals surface area contributed by atoms with E-state index in [-0.39, 0.29) is 23.8 Å². The van der Waals surface area contributed by atoms with Crippen LogP contribution in [-0.4, -0.2) is 40.7 Å². The molecule has 1 aromatic carbocycles. The molecule has 0 aliphatic carbocycles. The summed E-state index contributed by atoms with van der Waals surface area (Å²) in [5.41, 5.74) is 1.16. The molecular formula is C20H30N2O2. The first kappa shape index (κ1) is 18.5. The maximum absolute atomic E-state index is 13.0. The number of amides is 2. The lowest BCUT2D eigenvalue weighted by Gasteiger charge is -2.36. The molecule has 1 saturated heterocycles. The highest BCUT2D eigenvalue weighted by atomic mass is 16.2. The molecule has 0 aromatic heterocycles. The molecule has 2 amide bonds. The highest BCUT2D eigenvalue weighted by Gasteiger charge is 2.30. The fourth-order valence-electron chi connectivity index (χ4n) is 3.28. The molecule has 0 unspecified atom stereocenters. The van der Waals surface area contributed by atoms with Crippen molar-refractivity contribution < 1.29 is 9.59 Å². The van der Waals surface area contributed by atoms with E-state index in [0.29, 0.717) is 26.1 Å². The first-order chi connectivity index (χ1) is 11.5. The Kier molecular flexibility index (Phi) is 6.83. The van der Waals surface area contributed by atoms with Crippen LogP contribution < -0.4 is 0 Å². The van der Waals surface area contributed by atoms with E-state index in [1.807, 2.05) is 34.9 Å². The fraction of sp³-hybridized carbons (Fsp3) is 0.600. The van der Waals surface area contributed by atoms with E-state index in [2.05, 4.69) is 26.0 Å². The highest BCUT2D eigenvalue weighted by Crippen LogP contribution is 2.22. The Bertz CT molecular complexity index is 534. The molecule has 24 heavy (non-hydrogen) atoms. The van der Waals surface area contributed by atoms with Crippen LogP contribution in [0.5, 0.6) is 0 Å². The van der Waals surface area contributed by atoms with Crippen LogP contribution in [0.15, 0.2) is 30.3 Å². The van der Waals surface area contributed by atoms with Crippen LogP contribution in [0, 0.1) is 5.92 Å². The summed E-state index contributed by atoms with van der Waals surface area (Å²) in [4.78, 5) is 28.9. The van der Waals surface area contributed by atoms with Crippen LogP contribution in [0.25, 0.3) is 0 Å². The molecule has 4 nitrogen and oxygen atoms in total. The number of piperidine rings is 1. The zero-order chi connectivity index (χ0) is 17.5. The predicted molar refractivity (Wildman–Crippen MR) is 96.3 cm³/mol. The Morgan fingerprint density at radius 2 is 1.79 bits per heavy atom. The number of carbonyl (C=O) groups is 2. The average molecular weight is 330 g/mol. The largest absolute Gasteiger partial charge is 0.343 e. The number of likely N-dealkylation sites (tertiary alicyclic amines) is 1. The SMILES string of the molecule is CCCC(=O)N1CCC(C(=O)N(Cc2ccccc2)C(C)C)CC1. The Morgan fingerprint density at radius 3 is 2.33 bits per heavy atom. The number of hydrogen-bond acceptors (Lipinski definition) is 2. The van der Waals surface area contributed by atoms with Crippen LogP contribution in [-0.2, 0) is 16.1 Å². The Balaban J connectivity index is 1.95. The minimum Gasteiger partial charge on any atom is -0.343 e. The molecule has 1 heterocycles. The van der Waals surface area contributed by atoms with Gasteiger partial charge in [-0.1, -0.05) is 37.3 Å². The fourth-order valence-corrected chi connectivity index (χ4v) is 3.28. The molecule has 1 fully saturated rings. The van der Waals surface area contributed by atoms with Crippen molar-refractivity contribution in [2.75, 3.05) is 13.1 Å². The Morgan fingerprint density at radius 1 is 1.17 bits per heavy atom. The van der Waals surface area contributed by atoms with Crippen molar-refractivity contribution in [3.63, 3.8) is 0 Å². The molecule has 1 aromatic rings. The van der Waals surface area contributed by atoms with Crippen molar-refractivity contribution in [2.24, 2.45) is 5.92 Å². The monoisotopic (exact) mass is 330 g/mol. The summed E-state index contributed by atoms with van der Waals surface area (Å²) in [7, 11) is 0. The third-order valence-corrected chi connectivity index (χ3v) is 4.76. The van der Waals surface area contributed by atoms with E-state index >= 15 is 0 Å². The van der Waals surface area contributed by atoms with Gasteiger partial charge in [0.25, 0.3) is 0 Å². The van der Waals surface area contributed by atoms with Gasteiger partial charge >= 0.3 is 0 Å². The second kappa shape index (κ2) is 8.86. The van der Waals surface area contributed by atoms with Crippen molar-refractivity contribution in [1.29, 1.82) is 0 Å². The molecule has 2 rings (SSSR count). The summed E-state index contributed by atoms with van der Waals surface area (Å²) in [5.74, 6) is 0.506. The molecule has 0 spiro atoms. The van der Waals surface area contributed by atoms with Crippen molar-refractivity contribution in [3.05, 3.63) is 35.9 Å². The molecule has 1 aliphatic heterocycles. The van der Waals surface area contributed by atoms with Gasteiger partial charge in [-0.15, -0.1) is 0 Å². The Hall–Kier alpha value is -1.84. The molecule has 0 saturated carbocycles. The van der Waals surface area contributed by atoms with Crippen LogP contribution in [0.3, 0.4) is 0 Å². The van der Waals surface area contributed by atoms with Gasteiger partial charge in [0.05, 0.1) is 0 Å². The summed E-state index contributed by atoms with van der Waals surface area (Å²) in [6.45, 7) is 8.26. The molecular weight excluding hydrogens is 300 g/mol. The molecule has 0 radical (unpaired) electrons. The maximum Gasteiger partial charge on any atom is 0.226 e. The van der Waals surface area contributed by atoms with Gasteiger partial charge in [0, 0.05) is 38.0 Å². The maximum atomic E-state index is 13.0. The second-order valence-corrected chi connectivity index (χ2v) is 6.95. The quantitative estimate of drug-likeness (QED) is 0.801. The van der Waals surface area contributed by atoms with Gasteiger partial charge in [0.15, 0.2) is 0 Å². The summed E-state index contributed by atoms with van der Waals surface area (Å²) < 4.78 is 0. The van der Waals surface area contributed by atoms with Gasteiger partial charge in [0.1, 0.15) is 0 Å². The second-order valence-electron chi connectivity index (χ2n) is 6.95.